The highest BCUT2D eigenvalue weighted by Gasteiger charge is 2.42. The first-order valence-electron chi connectivity index (χ1n) is 6.11. The third-order valence-corrected chi connectivity index (χ3v) is 3.58. The molecule has 0 unspecified atom stereocenters. The van der Waals surface area contributed by atoms with Gasteiger partial charge in [-0.05, 0) is 43.9 Å². The fraction of sp³-hybridized carbons (Fsp3) is 0.923. The van der Waals surface area contributed by atoms with Crippen LogP contribution in [-0.4, -0.2) is 5.78 Å². The van der Waals surface area contributed by atoms with Crippen LogP contribution in [0.3, 0.4) is 0 Å². The Balaban J connectivity index is 2.34. The van der Waals surface area contributed by atoms with Gasteiger partial charge in [-0.15, -0.1) is 0 Å². The van der Waals surface area contributed by atoms with E-state index >= 15 is 0 Å². The molecular formula is C13H24O. The summed E-state index contributed by atoms with van der Waals surface area (Å²) < 4.78 is 0. The van der Waals surface area contributed by atoms with Gasteiger partial charge in [0.05, 0.1) is 0 Å². The van der Waals surface area contributed by atoms with Gasteiger partial charge in [-0.3, -0.25) is 0 Å². The summed E-state index contributed by atoms with van der Waals surface area (Å²) in [6.45, 7) is 6.27. The standard InChI is InChI=1S/C13H24O/c1-4-6-13(7-5-2)9-12(10-13)8-11(3)14/h12H,4-10H2,1-3H3. The molecule has 0 aromatic heterocycles. The maximum absolute atomic E-state index is 11.0. The zero-order valence-corrected chi connectivity index (χ0v) is 9.94. The molecule has 0 saturated heterocycles. The van der Waals surface area contributed by atoms with E-state index < -0.39 is 0 Å². The van der Waals surface area contributed by atoms with Crippen LogP contribution in [0, 0.1) is 11.3 Å². The van der Waals surface area contributed by atoms with Crippen molar-refractivity contribution in [1.29, 1.82) is 0 Å². The maximum atomic E-state index is 11.0. The van der Waals surface area contributed by atoms with E-state index in [4.69, 9.17) is 0 Å². The van der Waals surface area contributed by atoms with Gasteiger partial charge >= 0.3 is 0 Å². The topological polar surface area (TPSA) is 17.1 Å². The fourth-order valence-corrected chi connectivity index (χ4v) is 3.31. The van der Waals surface area contributed by atoms with Gasteiger partial charge in [-0.2, -0.15) is 0 Å². The minimum absolute atomic E-state index is 0.372. The zero-order chi connectivity index (χ0) is 10.6. The predicted molar refractivity (Wildman–Crippen MR) is 60.3 cm³/mol. The van der Waals surface area contributed by atoms with E-state index in [9.17, 15) is 4.79 Å². The second-order valence-electron chi connectivity index (χ2n) is 5.18. The minimum Gasteiger partial charge on any atom is -0.300 e. The van der Waals surface area contributed by atoms with E-state index in [0.717, 1.165) is 6.42 Å². The van der Waals surface area contributed by atoms with Crippen molar-refractivity contribution in [2.75, 3.05) is 0 Å². The summed E-state index contributed by atoms with van der Waals surface area (Å²) in [5.41, 5.74) is 0.629. The lowest BCUT2D eigenvalue weighted by Crippen LogP contribution is -2.37. The quantitative estimate of drug-likeness (QED) is 0.628. The smallest absolute Gasteiger partial charge is 0.130 e. The van der Waals surface area contributed by atoms with Crippen LogP contribution in [0.25, 0.3) is 0 Å². The Hall–Kier alpha value is -0.330. The molecule has 0 aromatic carbocycles. The number of carbonyl (C=O) groups is 1. The van der Waals surface area contributed by atoms with Crippen molar-refractivity contribution in [2.24, 2.45) is 11.3 Å². The van der Waals surface area contributed by atoms with Gasteiger partial charge in [-0.1, -0.05) is 26.7 Å². The Kier molecular flexibility index (Phi) is 4.15. The van der Waals surface area contributed by atoms with Gasteiger partial charge < -0.3 is 4.79 Å². The molecule has 0 spiro atoms. The maximum Gasteiger partial charge on any atom is 0.130 e. The van der Waals surface area contributed by atoms with Gasteiger partial charge in [0.25, 0.3) is 0 Å². The first-order chi connectivity index (χ1) is 6.62. The van der Waals surface area contributed by atoms with Gasteiger partial charge in [-0.25, -0.2) is 0 Å². The molecule has 0 radical (unpaired) electrons. The minimum atomic E-state index is 0.372. The largest absolute Gasteiger partial charge is 0.300 e. The van der Waals surface area contributed by atoms with Gasteiger partial charge in [0.1, 0.15) is 5.78 Å². The normalized spacial score (nSPS) is 20.5. The molecule has 0 atom stereocenters. The summed E-state index contributed by atoms with van der Waals surface area (Å²) in [7, 11) is 0. The number of hydrogen-bond acceptors (Lipinski definition) is 1. The van der Waals surface area contributed by atoms with Gasteiger partial charge in [0.15, 0.2) is 0 Å². The second-order valence-corrected chi connectivity index (χ2v) is 5.18. The average molecular weight is 196 g/mol. The Morgan fingerprint density at radius 1 is 1.21 bits per heavy atom. The van der Waals surface area contributed by atoms with E-state index in [0.29, 0.717) is 17.1 Å². The molecule has 0 aliphatic heterocycles. The van der Waals surface area contributed by atoms with E-state index in [1.807, 2.05) is 0 Å². The second kappa shape index (κ2) is 4.95. The lowest BCUT2D eigenvalue weighted by molar-refractivity contribution is -0.120. The Morgan fingerprint density at radius 2 is 1.71 bits per heavy atom. The SMILES string of the molecule is CCCC1(CCC)CC(CC(C)=O)C1. The van der Waals surface area contributed by atoms with Gasteiger partial charge in [0, 0.05) is 6.42 Å². The number of hydrogen-bond donors (Lipinski definition) is 0. The third-order valence-electron chi connectivity index (χ3n) is 3.58. The van der Waals surface area contributed by atoms with E-state index in [1.54, 1.807) is 6.92 Å². The van der Waals surface area contributed by atoms with Crippen molar-refractivity contribution >= 4 is 5.78 Å². The number of Topliss-reactive ketones (excluding diaryl/α,β-unsaturated/α-hetero) is 1. The lowest BCUT2D eigenvalue weighted by Gasteiger charge is -2.48. The summed E-state index contributed by atoms with van der Waals surface area (Å²) >= 11 is 0. The zero-order valence-electron chi connectivity index (χ0n) is 9.94. The van der Waals surface area contributed by atoms with Gasteiger partial charge in [0.2, 0.25) is 0 Å². The molecule has 1 rings (SSSR count). The molecule has 1 fully saturated rings. The molecular weight excluding hydrogens is 172 g/mol. The average Bonchev–Trinajstić information content (AvgIpc) is 2.01. The molecule has 0 N–H and O–H groups in total. The van der Waals surface area contributed by atoms with Crippen LogP contribution in [0.15, 0.2) is 0 Å². The number of ketones is 1. The van der Waals surface area contributed by atoms with Crippen molar-refractivity contribution < 1.29 is 4.79 Å². The highest BCUT2D eigenvalue weighted by atomic mass is 16.1. The summed E-state index contributed by atoms with van der Waals surface area (Å²) in [6, 6.07) is 0. The Morgan fingerprint density at radius 3 is 2.07 bits per heavy atom. The van der Waals surface area contributed by atoms with Crippen LogP contribution in [-0.2, 0) is 4.79 Å². The highest BCUT2D eigenvalue weighted by Crippen LogP contribution is 2.53. The van der Waals surface area contributed by atoms with E-state index in [-0.39, 0.29) is 0 Å². The Labute approximate surface area is 88.3 Å². The summed E-state index contributed by atoms with van der Waals surface area (Å²) in [6.07, 6.45) is 8.79. The van der Waals surface area contributed by atoms with E-state index in [2.05, 4.69) is 13.8 Å². The molecule has 1 saturated carbocycles. The lowest BCUT2D eigenvalue weighted by atomic mass is 9.57. The first kappa shape index (κ1) is 11.7. The molecule has 1 aliphatic rings. The van der Waals surface area contributed by atoms with Crippen LogP contribution < -0.4 is 0 Å². The molecule has 14 heavy (non-hydrogen) atoms. The van der Waals surface area contributed by atoms with Crippen LogP contribution in [0.5, 0.6) is 0 Å². The van der Waals surface area contributed by atoms with Crippen molar-refractivity contribution in [3.63, 3.8) is 0 Å². The monoisotopic (exact) mass is 196 g/mol. The van der Waals surface area contributed by atoms with Crippen molar-refractivity contribution in [2.45, 2.75) is 65.7 Å². The van der Waals surface area contributed by atoms with Crippen LogP contribution in [0.1, 0.15) is 65.7 Å². The van der Waals surface area contributed by atoms with Crippen LogP contribution in [0.2, 0.25) is 0 Å². The molecule has 1 nitrogen and oxygen atoms in total. The predicted octanol–water partition coefficient (Wildman–Crippen LogP) is 3.96. The first-order valence-corrected chi connectivity index (χ1v) is 6.11. The highest BCUT2D eigenvalue weighted by molar-refractivity contribution is 5.75. The molecule has 0 heterocycles. The molecule has 0 amide bonds. The third kappa shape index (κ3) is 2.83. The summed E-state index contributed by atoms with van der Waals surface area (Å²) in [4.78, 5) is 11.0. The summed E-state index contributed by atoms with van der Waals surface area (Å²) in [5, 5.41) is 0. The Bertz CT molecular complexity index is 181. The van der Waals surface area contributed by atoms with Crippen LogP contribution in [0.4, 0.5) is 0 Å². The number of rotatable bonds is 6. The molecule has 0 bridgehead atoms. The van der Waals surface area contributed by atoms with Crippen molar-refractivity contribution in [3.8, 4) is 0 Å². The van der Waals surface area contributed by atoms with Crippen molar-refractivity contribution in [3.05, 3.63) is 0 Å². The number of carbonyl (C=O) groups excluding carboxylic acids is 1. The van der Waals surface area contributed by atoms with E-state index in [1.165, 1.54) is 38.5 Å². The molecule has 1 aliphatic carbocycles. The summed E-state index contributed by atoms with van der Waals surface area (Å²) in [5.74, 6) is 1.09. The van der Waals surface area contributed by atoms with Crippen molar-refractivity contribution in [1.82, 2.24) is 0 Å². The van der Waals surface area contributed by atoms with Crippen LogP contribution >= 0.6 is 0 Å². The fourth-order valence-electron chi connectivity index (χ4n) is 3.31. The molecule has 0 aromatic rings. The molecule has 82 valence electrons. The molecule has 1 heteroatoms.